The number of rotatable bonds is 6. The van der Waals surface area contributed by atoms with Crippen molar-refractivity contribution in [2.24, 2.45) is 0 Å². The zero-order chi connectivity index (χ0) is 26.0. The Labute approximate surface area is 211 Å². The number of amides is 3. The summed E-state index contributed by atoms with van der Waals surface area (Å²) in [6.07, 6.45) is 1.31. The van der Waals surface area contributed by atoms with Gasteiger partial charge in [0.2, 0.25) is 11.8 Å². The zero-order valence-corrected chi connectivity index (χ0v) is 21.1. The van der Waals surface area contributed by atoms with E-state index in [0.717, 1.165) is 22.5 Å². The average molecular weight is 504 g/mol. The summed E-state index contributed by atoms with van der Waals surface area (Å²) in [5, 5.41) is 8.60. The van der Waals surface area contributed by atoms with Gasteiger partial charge in [-0.3, -0.25) is 23.7 Å². The largest absolute Gasteiger partial charge is 0.326 e. The molecule has 0 spiro atoms. The highest BCUT2D eigenvalue weighted by Crippen LogP contribution is 2.28. The first-order valence-electron chi connectivity index (χ1n) is 11.2. The summed E-state index contributed by atoms with van der Waals surface area (Å²) >= 11 is 1.14. The molecule has 2 aromatic carbocycles. The van der Waals surface area contributed by atoms with Crippen molar-refractivity contribution in [1.29, 1.82) is 0 Å². The van der Waals surface area contributed by atoms with E-state index in [1.54, 1.807) is 31.2 Å². The molecule has 0 fully saturated rings. The first-order valence-corrected chi connectivity index (χ1v) is 12.0. The molecular weight excluding hydrogens is 478 g/mol. The van der Waals surface area contributed by atoms with Crippen LogP contribution in [-0.2, 0) is 16.1 Å². The Kier molecular flexibility index (Phi) is 6.98. The van der Waals surface area contributed by atoms with Gasteiger partial charge in [-0.2, -0.15) is 0 Å². The van der Waals surface area contributed by atoms with Gasteiger partial charge >= 0.3 is 0 Å². The molecule has 0 aliphatic rings. The minimum Gasteiger partial charge on any atom is -0.326 e. The molecule has 0 aliphatic heterocycles. The van der Waals surface area contributed by atoms with Crippen molar-refractivity contribution < 1.29 is 14.4 Å². The van der Waals surface area contributed by atoms with Crippen LogP contribution in [0.3, 0.4) is 0 Å². The van der Waals surface area contributed by atoms with Crippen molar-refractivity contribution in [3.8, 4) is 0 Å². The molecule has 184 valence electrons. The number of carbonyl (C=O) groups is 3. The molecular formula is C26H25N5O4S. The number of nitrogens with zero attached hydrogens (tertiary/aromatic N) is 2. The number of nitrogens with one attached hydrogen (secondary N) is 3. The van der Waals surface area contributed by atoms with Crippen molar-refractivity contribution >= 4 is 56.3 Å². The minimum absolute atomic E-state index is 0.191. The predicted octanol–water partition coefficient (Wildman–Crippen LogP) is 4.23. The minimum atomic E-state index is -0.411. The first kappa shape index (κ1) is 24.8. The third-order valence-electron chi connectivity index (χ3n) is 5.56. The molecule has 2 heterocycles. The van der Waals surface area contributed by atoms with Gasteiger partial charge in [0.05, 0.1) is 16.6 Å². The number of aromatic nitrogens is 2. The normalized spacial score (nSPS) is 10.8. The molecule has 10 heteroatoms. The molecule has 4 rings (SSSR count). The van der Waals surface area contributed by atoms with Crippen LogP contribution in [-0.4, -0.2) is 27.3 Å². The number of aryl methyl sites for hydroxylation is 3. The predicted molar refractivity (Wildman–Crippen MR) is 142 cm³/mol. The Morgan fingerprint density at radius 2 is 1.61 bits per heavy atom. The van der Waals surface area contributed by atoms with Gasteiger partial charge in [0.15, 0.2) is 0 Å². The maximum absolute atomic E-state index is 13.1. The summed E-state index contributed by atoms with van der Waals surface area (Å²) in [6, 6.07) is 12.4. The lowest BCUT2D eigenvalue weighted by Crippen LogP contribution is -2.28. The van der Waals surface area contributed by atoms with Gasteiger partial charge in [0.25, 0.3) is 11.5 Å². The van der Waals surface area contributed by atoms with Gasteiger partial charge in [0, 0.05) is 24.0 Å². The summed E-state index contributed by atoms with van der Waals surface area (Å²) < 4.78 is 1.22. The number of anilines is 3. The lowest BCUT2D eigenvalue weighted by atomic mass is 10.1. The molecule has 9 nitrogen and oxygen atoms in total. The van der Waals surface area contributed by atoms with Crippen molar-refractivity contribution in [3.63, 3.8) is 0 Å². The summed E-state index contributed by atoms with van der Waals surface area (Å²) in [7, 11) is 0. The van der Waals surface area contributed by atoms with Gasteiger partial charge < -0.3 is 16.0 Å². The van der Waals surface area contributed by atoms with E-state index in [1.165, 1.54) is 17.8 Å². The average Bonchev–Trinajstić information content (AvgIpc) is 3.15. The van der Waals surface area contributed by atoms with E-state index in [-0.39, 0.29) is 18.4 Å². The Balaban J connectivity index is 1.52. The highest BCUT2D eigenvalue weighted by atomic mass is 32.1. The molecule has 4 aromatic rings. The second-order valence-corrected chi connectivity index (χ2v) is 9.49. The zero-order valence-electron chi connectivity index (χ0n) is 20.3. The van der Waals surface area contributed by atoms with E-state index < -0.39 is 11.5 Å². The standard InChI is InChI=1S/C26H25N5O4S/c1-14-5-10-20(15(2)11-14)30-24(34)23-16(3)22-25(36-23)27-13-31(26(22)35)12-21(33)29-19-8-6-18(7-9-19)28-17(4)32/h5-11,13H,12H2,1-4H3,(H,28,32)(H,29,33)(H,30,34). The summed E-state index contributed by atoms with van der Waals surface area (Å²) in [5.41, 5.74) is 4.01. The van der Waals surface area contributed by atoms with Crippen LogP contribution in [0.1, 0.15) is 33.3 Å². The summed E-state index contributed by atoms with van der Waals surface area (Å²) in [6.45, 7) is 6.78. The molecule has 0 saturated heterocycles. The molecule has 0 aliphatic carbocycles. The van der Waals surface area contributed by atoms with Crippen LogP contribution in [0.4, 0.5) is 17.1 Å². The second-order valence-electron chi connectivity index (χ2n) is 8.49. The monoisotopic (exact) mass is 503 g/mol. The maximum atomic E-state index is 13.1. The lowest BCUT2D eigenvalue weighted by molar-refractivity contribution is -0.117. The molecule has 3 amide bonds. The fraction of sp³-hybridized carbons (Fsp3) is 0.192. The summed E-state index contributed by atoms with van der Waals surface area (Å²) in [5.74, 6) is -0.913. The number of thiophene rings is 1. The van der Waals surface area contributed by atoms with Gasteiger partial charge in [-0.1, -0.05) is 17.7 Å². The van der Waals surface area contributed by atoms with Gasteiger partial charge in [0.1, 0.15) is 11.4 Å². The van der Waals surface area contributed by atoms with E-state index >= 15 is 0 Å². The Hall–Kier alpha value is -4.31. The molecule has 2 aromatic heterocycles. The SMILES string of the molecule is CC(=O)Nc1ccc(NC(=O)Cn2cnc3sc(C(=O)Nc4ccc(C)cc4C)c(C)c3c2=O)cc1. The maximum Gasteiger partial charge on any atom is 0.266 e. The molecule has 0 bridgehead atoms. The van der Waals surface area contributed by atoms with Gasteiger partial charge in [-0.25, -0.2) is 4.98 Å². The molecule has 0 radical (unpaired) electrons. The van der Waals surface area contributed by atoms with Crippen LogP contribution < -0.4 is 21.5 Å². The van der Waals surface area contributed by atoms with Crippen LogP contribution in [0.2, 0.25) is 0 Å². The molecule has 0 saturated carbocycles. The fourth-order valence-electron chi connectivity index (χ4n) is 3.82. The number of hydrogen-bond acceptors (Lipinski definition) is 6. The van der Waals surface area contributed by atoms with Crippen molar-refractivity contribution in [1.82, 2.24) is 9.55 Å². The molecule has 36 heavy (non-hydrogen) atoms. The third kappa shape index (κ3) is 5.33. The van der Waals surface area contributed by atoms with E-state index in [2.05, 4.69) is 20.9 Å². The smallest absolute Gasteiger partial charge is 0.266 e. The fourth-order valence-corrected chi connectivity index (χ4v) is 4.85. The Morgan fingerprint density at radius 1 is 0.944 bits per heavy atom. The molecule has 0 atom stereocenters. The van der Waals surface area contributed by atoms with Crippen molar-refractivity contribution in [3.05, 3.63) is 80.7 Å². The number of fused-ring (bicyclic) bond motifs is 1. The van der Waals surface area contributed by atoms with Crippen LogP contribution in [0, 0.1) is 20.8 Å². The lowest BCUT2D eigenvalue weighted by Gasteiger charge is -2.09. The summed E-state index contributed by atoms with van der Waals surface area (Å²) in [4.78, 5) is 55.0. The Bertz CT molecular complexity index is 1550. The quantitative estimate of drug-likeness (QED) is 0.363. The van der Waals surface area contributed by atoms with Gasteiger partial charge in [-0.05, 0) is 62.2 Å². The highest BCUT2D eigenvalue weighted by Gasteiger charge is 2.20. The second kappa shape index (κ2) is 10.1. The van der Waals surface area contributed by atoms with Crippen LogP contribution in [0.5, 0.6) is 0 Å². The van der Waals surface area contributed by atoms with E-state index in [1.807, 2.05) is 32.0 Å². The van der Waals surface area contributed by atoms with E-state index in [0.29, 0.717) is 37.7 Å². The first-order chi connectivity index (χ1) is 17.1. The van der Waals surface area contributed by atoms with Gasteiger partial charge in [-0.15, -0.1) is 11.3 Å². The molecule has 3 N–H and O–H groups in total. The van der Waals surface area contributed by atoms with Crippen molar-refractivity contribution in [2.75, 3.05) is 16.0 Å². The Morgan fingerprint density at radius 3 is 2.25 bits per heavy atom. The number of carbonyl (C=O) groups excluding carboxylic acids is 3. The van der Waals surface area contributed by atoms with Crippen molar-refractivity contribution in [2.45, 2.75) is 34.2 Å². The topological polar surface area (TPSA) is 122 Å². The highest BCUT2D eigenvalue weighted by molar-refractivity contribution is 7.20. The number of hydrogen-bond donors (Lipinski definition) is 3. The van der Waals surface area contributed by atoms with Crippen LogP contribution in [0.25, 0.3) is 10.2 Å². The van der Waals surface area contributed by atoms with E-state index in [9.17, 15) is 19.2 Å². The third-order valence-corrected chi connectivity index (χ3v) is 6.76. The van der Waals surface area contributed by atoms with E-state index in [4.69, 9.17) is 0 Å². The van der Waals surface area contributed by atoms with Crippen LogP contribution in [0.15, 0.2) is 53.6 Å². The van der Waals surface area contributed by atoms with Crippen LogP contribution >= 0.6 is 11.3 Å². The molecule has 0 unspecified atom stereocenters. The number of benzene rings is 2.